The molecule has 0 spiro atoms. The molecule has 22 heavy (non-hydrogen) atoms. The highest BCUT2D eigenvalue weighted by atomic mass is 31.2. The van der Waals surface area contributed by atoms with Gasteiger partial charge >= 0.3 is 0 Å². The highest BCUT2D eigenvalue weighted by Crippen LogP contribution is 2.68. The Kier molecular flexibility index (Phi) is 10.5. The minimum atomic E-state index is -0.918. The lowest BCUT2D eigenvalue weighted by Crippen LogP contribution is -2.31. The van der Waals surface area contributed by atoms with Crippen molar-refractivity contribution in [1.29, 1.82) is 0 Å². The lowest BCUT2D eigenvalue weighted by atomic mass is 10.2. The van der Waals surface area contributed by atoms with Gasteiger partial charge in [-0.15, -0.1) is 5.60 Å². The van der Waals surface area contributed by atoms with Crippen molar-refractivity contribution in [1.82, 2.24) is 0 Å². The zero-order chi connectivity index (χ0) is 18.5. The van der Waals surface area contributed by atoms with Gasteiger partial charge in [0.05, 0.1) is 23.5 Å². The van der Waals surface area contributed by atoms with Gasteiger partial charge in [-0.2, -0.15) is 0 Å². The smallest absolute Gasteiger partial charge is 0.0682 e. The van der Waals surface area contributed by atoms with Gasteiger partial charge in [0, 0.05) is 7.26 Å². The fourth-order valence-corrected chi connectivity index (χ4v) is 13.2. The minimum absolute atomic E-state index is 0.750. The number of hydrogen-bond acceptors (Lipinski definition) is 1. The normalized spacial score (nSPS) is 13.7. The second kappa shape index (κ2) is 9.25. The third-order valence-electron chi connectivity index (χ3n) is 4.95. The predicted octanol–water partition coefficient (Wildman–Crippen LogP) is 5.82. The Balaban J connectivity index is 0. The Morgan fingerprint density at radius 3 is 1.18 bits per heavy atom. The van der Waals surface area contributed by atoms with Gasteiger partial charge in [-0.05, 0) is 45.7 Å². The van der Waals surface area contributed by atoms with E-state index in [4.69, 9.17) is 0 Å². The summed E-state index contributed by atoms with van der Waals surface area (Å²) in [7, 11) is -0.918. The summed E-state index contributed by atoms with van der Waals surface area (Å²) in [5, 5.41) is 10.1. The second-order valence-corrected chi connectivity index (χ2v) is 19.0. The predicted molar refractivity (Wildman–Crippen MR) is 112 cm³/mol. The Morgan fingerprint density at radius 1 is 0.818 bits per heavy atom. The molecule has 0 aromatic carbocycles. The van der Waals surface area contributed by atoms with Gasteiger partial charge in [-0.1, -0.05) is 55.4 Å². The molecule has 0 saturated heterocycles. The second-order valence-electron chi connectivity index (χ2n) is 9.05. The summed E-state index contributed by atoms with van der Waals surface area (Å²) in [5.74, 6) is 0. The molecule has 0 rings (SSSR count). The molecule has 0 aliphatic rings. The van der Waals surface area contributed by atoms with Crippen LogP contribution >= 0.6 is 14.1 Å². The van der Waals surface area contributed by atoms with E-state index in [-0.39, 0.29) is 0 Å². The first-order chi connectivity index (χ1) is 9.48. The quantitative estimate of drug-likeness (QED) is 0.573. The standard InChI is InChI=1S/C15H35P2.C4H9O/c1-12(2)16(9,13(3)4)11-17(10,14(5)6)15(7)8;1-4(2,3)5/h11-15H,1-10H3;1-3H3/q+1;-1. The van der Waals surface area contributed by atoms with Gasteiger partial charge in [0.25, 0.3) is 0 Å². The first-order valence-corrected chi connectivity index (χ1v) is 13.7. The van der Waals surface area contributed by atoms with Crippen molar-refractivity contribution in [3.05, 3.63) is 0 Å². The van der Waals surface area contributed by atoms with E-state index in [9.17, 15) is 5.11 Å². The molecule has 0 fully saturated rings. The molecule has 0 aliphatic heterocycles. The van der Waals surface area contributed by atoms with Gasteiger partial charge in [-0.25, -0.2) is 0 Å². The van der Waals surface area contributed by atoms with E-state index in [0.29, 0.717) is 0 Å². The molecule has 0 heterocycles. The van der Waals surface area contributed by atoms with Crippen LogP contribution in [0.15, 0.2) is 0 Å². The molecule has 0 aromatic heterocycles. The van der Waals surface area contributed by atoms with Crippen LogP contribution in [0.25, 0.3) is 0 Å². The first kappa shape index (κ1) is 24.9. The van der Waals surface area contributed by atoms with E-state index in [0.717, 1.165) is 22.6 Å². The Bertz CT molecular complexity index is 334. The maximum absolute atomic E-state index is 10.1. The maximum Gasteiger partial charge on any atom is 0.0682 e. The molecule has 0 amide bonds. The van der Waals surface area contributed by atoms with Crippen molar-refractivity contribution in [2.45, 2.75) is 104 Å². The Morgan fingerprint density at radius 2 is 1.05 bits per heavy atom. The fourth-order valence-electron chi connectivity index (χ4n) is 2.26. The van der Waals surface area contributed by atoms with E-state index in [1.165, 1.54) is 0 Å². The highest BCUT2D eigenvalue weighted by molar-refractivity contribution is 8.02. The highest BCUT2D eigenvalue weighted by Gasteiger charge is 2.40. The molecular weight excluding hydrogens is 306 g/mol. The first-order valence-electron chi connectivity index (χ1n) is 8.77. The van der Waals surface area contributed by atoms with Crippen molar-refractivity contribution in [3.63, 3.8) is 0 Å². The third-order valence-corrected chi connectivity index (χ3v) is 17.8. The van der Waals surface area contributed by atoms with Gasteiger partial charge in [0.15, 0.2) is 0 Å². The number of rotatable bonds is 5. The lowest BCUT2D eigenvalue weighted by Gasteiger charge is -2.36. The van der Waals surface area contributed by atoms with E-state index in [1.54, 1.807) is 20.8 Å². The van der Waals surface area contributed by atoms with Crippen LogP contribution in [0.5, 0.6) is 0 Å². The van der Waals surface area contributed by atoms with Crippen LogP contribution in [0.4, 0.5) is 0 Å². The third kappa shape index (κ3) is 8.52. The molecular formula is C19H44OP2. The van der Waals surface area contributed by atoms with Crippen molar-refractivity contribution in [2.24, 2.45) is 0 Å². The zero-order valence-electron chi connectivity index (χ0n) is 17.7. The number of hydrogen-bond donors (Lipinski definition) is 0. The van der Waals surface area contributed by atoms with E-state index >= 15 is 0 Å². The molecule has 0 saturated carbocycles. The fraction of sp³-hybridized carbons (Fsp3) is 0.947. The Labute approximate surface area is 143 Å². The summed E-state index contributed by atoms with van der Waals surface area (Å²) in [6, 6.07) is 0. The molecule has 0 aliphatic carbocycles. The summed E-state index contributed by atoms with van der Waals surface area (Å²) >= 11 is 0. The van der Waals surface area contributed by atoms with Crippen LogP contribution < -0.4 is 5.11 Å². The molecule has 0 bridgehead atoms. The van der Waals surface area contributed by atoms with Crippen molar-refractivity contribution in [3.8, 4) is 0 Å². The summed E-state index contributed by atoms with van der Waals surface area (Å²) in [5.41, 5.74) is 5.47. The monoisotopic (exact) mass is 350 g/mol. The summed E-state index contributed by atoms with van der Waals surface area (Å²) in [4.78, 5) is 0. The topological polar surface area (TPSA) is 23.1 Å². The SMILES string of the molecule is CC(C)(C)[O-].CC(C)P(C)(=C[P+](C)(C(C)C)C(C)C)C(C)C. The van der Waals surface area contributed by atoms with E-state index in [1.807, 2.05) is 0 Å². The van der Waals surface area contributed by atoms with Crippen LogP contribution in [0, 0.1) is 0 Å². The molecule has 0 atom stereocenters. The molecule has 0 aromatic rings. The Hall–Kier alpha value is 0.690. The van der Waals surface area contributed by atoms with Crippen LogP contribution in [0.2, 0.25) is 0 Å². The van der Waals surface area contributed by atoms with Crippen LogP contribution in [-0.2, 0) is 0 Å². The van der Waals surface area contributed by atoms with Crippen LogP contribution in [0.3, 0.4) is 0 Å². The van der Waals surface area contributed by atoms with Crippen LogP contribution in [-0.4, -0.2) is 47.1 Å². The van der Waals surface area contributed by atoms with E-state index < -0.39 is 19.7 Å². The summed E-state index contributed by atoms with van der Waals surface area (Å²) in [6.07, 6.45) is 0. The largest absolute Gasteiger partial charge is 0.850 e. The molecule has 0 N–H and O–H groups in total. The summed E-state index contributed by atoms with van der Waals surface area (Å²) < 4.78 is 0. The van der Waals surface area contributed by atoms with E-state index in [2.05, 4.69) is 74.3 Å². The molecule has 1 nitrogen and oxygen atoms in total. The molecule has 3 heteroatoms. The molecule has 0 unspecified atom stereocenters. The minimum Gasteiger partial charge on any atom is -0.850 e. The van der Waals surface area contributed by atoms with Crippen molar-refractivity contribution in [2.75, 3.05) is 13.3 Å². The van der Waals surface area contributed by atoms with Gasteiger partial charge in [-0.3, -0.25) is 0 Å². The average molecular weight is 351 g/mol. The summed E-state index contributed by atoms with van der Waals surface area (Å²) in [6.45, 7) is 28.5. The van der Waals surface area contributed by atoms with Crippen LogP contribution in [0.1, 0.15) is 76.2 Å². The van der Waals surface area contributed by atoms with Crippen molar-refractivity contribution < 1.29 is 5.11 Å². The lowest BCUT2D eigenvalue weighted by molar-refractivity contribution is -0.458. The van der Waals surface area contributed by atoms with Gasteiger partial charge < -0.3 is 5.11 Å². The molecule has 0 radical (unpaired) electrons. The van der Waals surface area contributed by atoms with Crippen molar-refractivity contribution >= 4 is 19.7 Å². The van der Waals surface area contributed by atoms with Gasteiger partial charge in [0.2, 0.25) is 0 Å². The average Bonchev–Trinajstić information content (AvgIpc) is 2.25. The maximum atomic E-state index is 10.1. The van der Waals surface area contributed by atoms with Gasteiger partial charge in [0.1, 0.15) is 0 Å². The zero-order valence-corrected chi connectivity index (χ0v) is 19.5. The molecule has 136 valence electrons.